The SMILES string of the molecule is COC(=O)N[C@H](C(=O)N[C@@H]1C[C@@H]1CCc1nc2ccc(-c3cnc4cc(-c5ccc6nc([C@@H]7C[C@H]8C[C@H]8N7C(=O)[C@@H](NC(=O)OC)C7CCOCC7)[nH]c6c5)cnc4c3)cc2[nH]1)C1CCOCC1. The summed E-state index contributed by atoms with van der Waals surface area (Å²) >= 11 is 0. The molecule has 0 spiro atoms. The number of fused-ring (bicyclic) bond motifs is 4. The van der Waals surface area contributed by atoms with Gasteiger partial charge in [0.25, 0.3) is 0 Å². The van der Waals surface area contributed by atoms with Gasteiger partial charge in [0.2, 0.25) is 11.8 Å². The third-order valence-electron chi connectivity index (χ3n) is 14.8. The molecule has 4 aromatic heterocycles. The first-order valence-electron chi connectivity index (χ1n) is 23.9. The lowest BCUT2D eigenvalue weighted by Crippen LogP contribution is -2.54. The summed E-state index contributed by atoms with van der Waals surface area (Å²) < 4.78 is 20.8. The molecule has 3 saturated heterocycles. The fraction of sp³-hybridized carbons (Fsp3) is 0.480. The Morgan fingerprint density at radius 2 is 1.29 bits per heavy atom. The molecule has 0 radical (unpaired) electrons. The summed E-state index contributed by atoms with van der Waals surface area (Å²) in [7, 11) is 2.62. The Kier molecular flexibility index (Phi) is 11.9. The standard InChI is InChI=1S/C50H56N10O8/c1-65-49(63)58-44(26-9-13-67-14-10-26)47(61)57-36-19-30(36)5-8-43-53-34-6-3-28(17-39(34)54-43)32-20-37-38(51-24-32)21-33(25-52-37)29-4-7-35-40(18-29)56-46(55-35)42-23-31-22-41(31)60(42)48(62)45(59-50(64)66-2)27-11-15-68-16-12-27/h3-4,6-7,17-18,20-21,24-27,30-31,36,41-42,44-45H,5,8-16,19,22-23H2,1-2H3,(H,53,54)(H,55,56)(H,57,61)(H,58,63)(H,59,64)/t30-,31+,36+,41+,42-,44-,45-/m0/s1. The lowest BCUT2D eigenvalue weighted by molar-refractivity contribution is -0.138. The van der Waals surface area contributed by atoms with Crippen molar-refractivity contribution in [3.8, 4) is 22.3 Å². The summed E-state index contributed by atoms with van der Waals surface area (Å²) in [6, 6.07) is 15.0. The van der Waals surface area contributed by atoms with Gasteiger partial charge in [0.05, 0.1) is 53.4 Å². The fourth-order valence-corrected chi connectivity index (χ4v) is 10.8. The monoisotopic (exact) mass is 924 g/mol. The quantitative estimate of drug-likeness (QED) is 0.0884. The molecule has 3 aliphatic heterocycles. The largest absolute Gasteiger partial charge is 0.453 e. The van der Waals surface area contributed by atoms with Gasteiger partial charge in [-0.3, -0.25) is 19.6 Å². The van der Waals surface area contributed by atoms with Crippen LogP contribution in [0.4, 0.5) is 9.59 Å². The molecule has 18 nitrogen and oxygen atoms in total. The van der Waals surface area contributed by atoms with Crippen molar-refractivity contribution in [2.75, 3.05) is 40.6 Å². The maximum absolute atomic E-state index is 14.3. The first-order chi connectivity index (χ1) is 33.2. The number of hydrogen-bond acceptors (Lipinski definition) is 12. The van der Waals surface area contributed by atoms with Gasteiger partial charge in [-0.25, -0.2) is 19.6 Å². The highest BCUT2D eigenvalue weighted by atomic mass is 16.5. The predicted molar refractivity (Wildman–Crippen MR) is 250 cm³/mol. The highest BCUT2D eigenvalue weighted by Gasteiger charge is 2.56. The zero-order valence-corrected chi connectivity index (χ0v) is 38.2. The Bertz CT molecular complexity index is 2890. The van der Waals surface area contributed by atoms with E-state index in [9.17, 15) is 19.2 Å². The van der Waals surface area contributed by atoms with Gasteiger partial charge < -0.3 is 49.8 Å². The molecule has 0 unspecified atom stereocenters. The van der Waals surface area contributed by atoms with E-state index < -0.39 is 24.3 Å². The Balaban J connectivity index is 0.738. The first-order valence-corrected chi connectivity index (χ1v) is 23.9. The van der Waals surface area contributed by atoms with E-state index in [0.717, 1.165) is 99.1 Å². The summed E-state index contributed by atoms with van der Waals surface area (Å²) in [5, 5.41) is 8.77. The first kappa shape index (κ1) is 43.9. The molecule has 2 saturated carbocycles. The van der Waals surface area contributed by atoms with Crippen LogP contribution < -0.4 is 16.0 Å². The third-order valence-corrected chi connectivity index (χ3v) is 14.8. The molecule has 6 aromatic rings. The van der Waals surface area contributed by atoms with Crippen molar-refractivity contribution >= 4 is 57.1 Å². The van der Waals surface area contributed by atoms with Crippen molar-refractivity contribution in [3.05, 3.63) is 72.6 Å². The number of hydrogen-bond donors (Lipinski definition) is 5. The molecule has 2 aromatic carbocycles. The summed E-state index contributed by atoms with van der Waals surface area (Å²) in [5.41, 5.74) is 8.87. The molecular formula is C50H56N10O8. The van der Waals surface area contributed by atoms with E-state index in [1.165, 1.54) is 14.2 Å². The fourth-order valence-electron chi connectivity index (χ4n) is 10.8. The van der Waals surface area contributed by atoms with E-state index in [0.29, 0.717) is 63.9 Å². The maximum atomic E-state index is 14.3. The number of aromatic amines is 2. The number of aryl methyl sites for hydroxylation is 1. The molecule has 7 heterocycles. The van der Waals surface area contributed by atoms with Crippen molar-refractivity contribution in [3.63, 3.8) is 0 Å². The van der Waals surface area contributed by atoms with Gasteiger partial charge >= 0.3 is 12.2 Å². The van der Waals surface area contributed by atoms with Crippen molar-refractivity contribution in [2.24, 2.45) is 23.7 Å². The average Bonchev–Trinajstić information content (AvgIpc) is 4.13. The average molecular weight is 925 g/mol. The number of likely N-dealkylation sites (tertiary alicyclic amines) is 1. The number of nitrogens with zero attached hydrogens (tertiary/aromatic N) is 5. The number of alkyl carbamates (subject to hydrolysis) is 2. The number of H-pyrrole nitrogens is 2. The number of ether oxygens (including phenoxy) is 4. The molecule has 11 rings (SSSR count). The van der Waals surface area contributed by atoms with Crippen LogP contribution in [0.25, 0.3) is 55.4 Å². The summed E-state index contributed by atoms with van der Waals surface area (Å²) in [6.07, 6.45) is 9.64. The number of carbonyl (C=O) groups is 4. The van der Waals surface area contributed by atoms with Crippen LogP contribution in [0, 0.1) is 23.7 Å². The van der Waals surface area contributed by atoms with Gasteiger partial charge in [-0.15, -0.1) is 0 Å². The molecule has 4 amide bonds. The normalized spacial score (nSPS) is 23.5. The van der Waals surface area contributed by atoms with E-state index in [4.69, 9.17) is 38.9 Å². The summed E-state index contributed by atoms with van der Waals surface area (Å²) in [5.74, 6) is 2.13. The number of imidazole rings is 2. The predicted octanol–water partition coefficient (Wildman–Crippen LogP) is 6.12. The number of amides is 4. The Labute approximate surface area is 392 Å². The lowest BCUT2D eigenvalue weighted by atomic mass is 9.90. The van der Waals surface area contributed by atoms with Crippen molar-refractivity contribution < 1.29 is 38.1 Å². The van der Waals surface area contributed by atoms with Crippen molar-refractivity contribution in [2.45, 2.75) is 88.0 Å². The Hall–Kier alpha value is -6.66. The second-order valence-electron chi connectivity index (χ2n) is 19.1. The number of benzene rings is 2. The molecule has 0 bridgehead atoms. The Morgan fingerprint density at radius 3 is 1.93 bits per heavy atom. The highest BCUT2D eigenvalue weighted by Crippen LogP contribution is 2.53. The van der Waals surface area contributed by atoms with Gasteiger partial charge in [0, 0.05) is 68.5 Å². The lowest BCUT2D eigenvalue weighted by Gasteiger charge is -2.35. The molecule has 18 heteroatoms. The maximum Gasteiger partial charge on any atom is 0.407 e. The van der Waals surface area contributed by atoms with Crippen LogP contribution in [-0.4, -0.2) is 124 Å². The third kappa shape index (κ3) is 8.94. The molecule has 68 heavy (non-hydrogen) atoms. The molecule has 2 aliphatic carbocycles. The smallest absolute Gasteiger partial charge is 0.407 e. The van der Waals surface area contributed by atoms with E-state index in [-0.39, 0.29) is 41.8 Å². The van der Waals surface area contributed by atoms with Gasteiger partial charge in [-0.1, -0.05) is 12.1 Å². The second-order valence-corrected chi connectivity index (χ2v) is 19.1. The number of carbonyl (C=O) groups excluding carboxylic acids is 4. The van der Waals surface area contributed by atoms with Crippen LogP contribution in [-0.2, 0) is 35.0 Å². The number of aromatic nitrogens is 6. The zero-order chi connectivity index (χ0) is 46.5. The van der Waals surface area contributed by atoms with Crippen LogP contribution in [0.5, 0.6) is 0 Å². The number of rotatable bonds is 13. The highest BCUT2D eigenvalue weighted by molar-refractivity contribution is 5.90. The van der Waals surface area contributed by atoms with Crippen molar-refractivity contribution in [1.82, 2.24) is 50.8 Å². The minimum atomic E-state index is -0.687. The zero-order valence-electron chi connectivity index (χ0n) is 38.2. The molecule has 7 atom stereocenters. The van der Waals surface area contributed by atoms with E-state index in [2.05, 4.69) is 50.2 Å². The molecular weight excluding hydrogens is 869 g/mol. The number of pyridine rings is 2. The molecule has 354 valence electrons. The van der Waals surface area contributed by atoms with Gasteiger partial charge in [0.1, 0.15) is 23.7 Å². The number of piperidine rings is 1. The van der Waals surface area contributed by atoms with Crippen LogP contribution in [0.15, 0.2) is 60.9 Å². The molecule has 5 fully saturated rings. The minimum absolute atomic E-state index is 0.00519. The van der Waals surface area contributed by atoms with Crippen LogP contribution in [0.2, 0.25) is 0 Å². The van der Waals surface area contributed by atoms with Crippen molar-refractivity contribution in [1.29, 1.82) is 0 Å². The minimum Gasteiger partial charge on any atom is -0.453 e. The van der Waals surface area contributed by atoms with Gasteiger partial charge in [-0.2, -0.15) is 0 Å². The van der Waals surface area contributed by atoms with E-state index >= 15 is 0 Å². The summed E-state index contributed by atoms with van der Waals surface area (Å²) in [6.45, 7) is 2.26. The van der Waals surface area contributed by atoms with Gasteiger partial charge in [-0.05, 0) is 123 Å². The van der Waals surface area contributed by atoms with Crippen LogP contribution in [0.3, 0.4) is 0 Å². The van der Waals surface area contributed by atoms with Gasteiger partial charge in [0.15, 0.2) is 0 Å². The topological polar surface area (TPSA) is 228 Å². The summed E-state index contributed by atoms with van der Waals surface area (Å²) in [4.78, 5) is 80.6. The molecule has 5 aliphatic rings. The second kappa shape index (κ2) is 18.4. The van der Waals surface area contributed by atoms with E-state index in [1.807, 2.05) is 41.6 Å². The van der Waals surface area contributed by atoms with E-state index in [1.54, 1.807) is 0 Å². The van der Waals surface area contributed by atoms with Crippen LogP contribution in [0.1, 0.15) is 69.1 Å². The Morgan fingerprint density at radius 1 is 0.706 bits per heavy atom. The van der Waals surface area contributed by atoms with Crippen LogP contribution >= 0.6 is 0 Å². The molecule has 5 N–H and O–H groups in total. The number of nitrogens with one attached hydrogen (secondary N) is 5. The number of methoxy groups -OCH3 is 2.